The van der Waals surface area contributed by atoms with Crippen molar-refractivity contribution in [2.75, 3.05) is 0 Å². The number of rotatable bonds is 4. The summed E-state index contributed by atoms with van der Waals surface area (Å²) in [4.78, 5) is 17.6. The zero-order chi connectivity index (χ0) is 24.9. The average Bonchev–Trinajstić information content (AvgIpc) is 2.83. The molecule has 9 heteroatoms. The van der Waals surface area contributed by atoms with Crippen molar-refractivity contribution in [2.45, 2.75) is 30.2 Å². The summed E-state index contributed by atoms with van der Waals surface area (Å²) >= 11 is 0. The van der Waals surface area contributed by atoms with Crippen molar-refractivity contribution in [3.8, 4) is 0 Å². The van der Waals surface area contributed by atoms with Crippen LogP contribution in [0.3, 0.4) is 0 Å². The Morgan fingerprint density at radius 1 is 0.971 bits per heavy atom. The molecule has 0 radical (unpaired) electrons. The van der Waals surface area contributed by atoms with Crippen LogP contribution in [0, 0.1) is 25.1 Å². The van der Waals surface area contributed by atoms with E-state index < -0.39 is 21.2 Å². The Balaban J connectivity index is 1.88. The summed E-state index contributed by atoms with van der Waals surface area (Å²) < 4.78 is 43.3. The number of pyridine rings is 2. The molecule has 7 nitrogen and oxygen atoms in total. The van der Waals surface area contributed by atoms with E-state index >= 15 is 0 Å². The van der Waals surface area contributed by atoms with Crippen LogP contribution < -0.4 is 11.0 Å². The fourth-order valence-corrected chi connectivity index (χ4v) is 5.43. The number of benzene rings is 2. The lowest BCUT2D eigenvalue weighted by molar-refractivity contribution is 0.590. The molecule has 0 saturated heterocycles. The van der Waals surface area contributed by atoms with Gasteiger partial charge in [0.05, 0.1) is 16.8 Å². The van der Waals surface area contributed by atoms with E-state index in [0.717, 1.165) is 41.0 Å². The molecule has 0 saturated carbocycles. The van der Waals surface area contributed by atoms with Crippen molar-refractivity contribution >= 4 is 26.5 Å². The van der Waals surface area contributed by atoms with Gasteiger partial charge in [-0.15, -0.1) is 0 Å². The molecule has 0 aliphatic heterocycles. The smallest absolute Gasteiger partial charge is 0.267 e. The Kier molecular flexibility index (Phi) is 5.36. The first-order valence-corrected chi connectivity index (χ1v) is 12.3. The van der Waals surface area contributed by atoms with Crippen molar-refractivity contribution in [2.24, 2.45) is 0 Å². The second kappa shape index (κ2) is 8.28. The maximum Gasteiger partial charge on any atom is 0.267 e. The van der Waals surface area contributed by atoms with Crippen molar-refractivity contribution in [3.05, 3.63) is 111 Å². The molecule has 0 aliphatic carbocycles. The summed E-state index contributed by atoms with van der Waals surface area (Å²) in [6.45, 7) is 3.92. The predicted molar refractivity (Wildman–Crippen MR) is 130 cm³/mol. The molecular weight excluding hydrogens is 467 g/mol. The minimum Gasteiger partial charge on any atom is -0.305 e. The van der Waals surface area contributed by atoms with Crippen LogP contribution in [0.5, 0.6) is 0 Å². The van der Waals surface area contributed by atoms with E-state index in [4.69, 9.17) is 5.41 Å². The predicted octanol–water partition coefficient (Wildman–Crippen LogP) is 3.77. The van der Waals surface area contributed by atoms with Gasteiger partial charge in [0, 0.05) is 6.20 Å². The number of nitrogens with zero attached hydrogens (tertiary/aromatic N) is 3. The monoisotopic (exact) mass is 488 g/mol. The number of aryl methyl sites for hydroxylation is 2. The van der Waals surface area contributed by atoms with E-state index in [1.807, 2.05) is 44.2 Å². The molecule has 2 aromatic carbocycles. The Morgan fingerprint density at radius 3 is 2.34 bits per heavy atom. The van der Waals surface area contributed by atoms with Crippen molar-refractivity contribution in [3.63, 3.8) is 0 Å². The molecule has 0 atom stereocenters. The van der Waals surface area contributed by atoms with E-state index in [-0.39, 0.29) is 32.9 Å². The van der Waals surface area contributed by atoms with Gasteiger partial charge in [-0.2, -0.15) is 0 Å². The van der Waals surface area contributed by atoms with Crippen LogP contribution in [0.1, 0.15) is 16.7 Å². The van der Waals surface area contributed by atoms with Gasteiger partial charge in [-0.25, -0.2) is 17.8 Å². The summed E-state index contributed by atoms with van der Waals surface area (Å²) in [6, 6.07) is 16.7. The minimum atomic E-state index is -4.23. The highest BCUT2D eigenvalue weighted by molar-refractivity contribution is 7.91. The van der Waals surface area contributed by atoms with Crippen LogP contribution in [-0.2, 0) is 16.4 Å². The third kappa shape index (κ3) is 3.83. The van der Waals surface area contributed by atoms with E-state index in [2.05, 4.69) is 4.98 Å². The first-order chi connectivity index (χ1) is 16.7. The molecule has 5 aromatic rings. The minimum absolute atomic E-state index is 0.0666. The highest BCUT2D eigenvalue weighted by atomic mass is 32.2. The fourth-order valence-electron chi connectivity index (χ4n) is 4.05. The number of hydrogen-bond acceptors (Lipinski definition) is 5. The molecular formula is C26H21FN4O3S. The maximum absolute atomic E-state index is 13.5. The SMILES string of the molecule is Cc1ccc(Cn2c(=N)c(S(=O)(=O)c3ccc(F)cc3)cc3c(=O)n4cccc(C)c4nc32)cc1. The highest BCUT2D eigenvalue weighted by Gasteiger charge is 2.24. The fraction of sp³-hybridized carbons (Fsp3) is 0.115. The van der Waals surface area contributed by atoms with Crippen molar-refractivity contribution in [1.82, 2.24) is 14.0 Å². The van der Waals surface area contributed by atoms with Crippen LogP contribution in [0.2, 0.25) is 0 Å². The summed E-state index contributed by atoms with van der Waals surface area (Å²) in [5, 5.41) is 8.93. The van der Waals surface area contributed by atoms with Gasteiger partial charge in [0.25, 0.3) is 5.56 Å². The van der Waals surface area contributed by atoms with Gasteiger partial charge in [-0.05, 0) is 61.4 Å². The van der Waals surface area contributed by atoms with E-state index in [1.54, 1.807) is 12.3 Å². The molecule has 1 N–H and O–H groups in total. The van der Waals surface area contributed by atoms with E-state index in [1.165, 1.54) is 15.0 Å². The number of sulfone groups is 1. The van der Waals surface area contributed by atoms with Gasteiger partial charge in [0.1, 0.15) is 27.5 Å². The molecule has 0 fully saturated rings. The largest absolute Gasteiger partial charge is 0.305 e. The standard InChI is InChI=1S/C26H21FN4O3S/c1-16-5-7-18(8-6-16)15-31-23(28)22(35(33,34)20-11-9-19(27)10-12-20)14-21-25(31)29-24-17(2)4-3-13-30(24)26(21)32/h3-14,28H,15H2,1-2H3. The van der Waals surface area contributed by atoms with Gasteiger partial charge in [0.2, 0.25) is 9.84 Å². The van der Waals surface area contributed by atoms with Crippen LogP contribution in [0.15, 0.2) is 87.5 Å². The Morgan fingerprint density at radius 2 is 1.66 bits per heavy atom. The Bertz CT molecular complexity index is 1840. The van der Waals surface area contributed by atoms with Gasteiger partial charge in [-0.3, -0.25) is 14.6 Å². The molecule has 35 heavy (non-hydrogen) atoms. The second-order valence-electron chi connectivity index (χ2n) is 8.43. The third-order valence-electron chi connectivity index (χ3n) is 5.97. The molecule has 0 amide bonds. The summed E-state index contributed by atoms with van der Waals surface area (Å²) in [6.07, 6.45) is 1.57. The zero-order valence-corrected chi connectivity index (χ0v) is 19.8. The van der Waals surface area contributed by atoms with E-state index in [0.29, 0.717) is 5.65 Å². The summed E-state index contributed by atoms with van der Waals surface area (Å²) in [7, 11) is -4.23. The maximum atomic E-state index is 13.5. The summed E-state index contributed by atoms with van der Waals surface area (Å²) in [5.74, 6) is -0.577. The lowest BCUT2D eigenvalue weighted by atomic mass is 10.1. The van der Waals surface area contributed by atoms with Crippen LogP contribution in [-0.4, -0.2) is 22.4 Å². The summed E-state index contributed by atoms with van der Waals surface area (Å²) in [5.41, 5.74) is 2.53. The van der Waals surface area contributed by atoms with Gasteiger partial charge in [0.15, 0.2) is 0 Å². The molecule has 3 aromatic heterocycles. The third-order valence-corrected chi connectivity index (χ3v) is 7.76. The van der Waals surface area contributed by atoms with Gasteiger partial charge in [-0.1, -0.05) is 35.9 Å². The second-order valence-corrected chi connectivity index (χ2v) is 10.3. The molecule has 0 bridgehead atoms. The highest BCUT2D eigenvalue weighted by Crippen LogP contribution is 2.22. The topological polar surface area (TPSA) is 97.3 Å². The molecule has 176 valence electrons. The number of halogens is 1. The normalized spacial score (nSPS) is 11.9. The molecule has 3 heterocycles. The molecule has 0 spiro atoms. The zero-order valence-electron chi connectivity index (χ0n) is 19.0. The van der Waals surface area contributed by atoms with Crippen LogP contribution in [0.25, 0.3) is 16.7 Å². The van der Waals surface area contributed by atoms with Crippen LogP contribution >= 0.6 is 0 Å². The first-order valence-electron chi connectivity index (χ1n) is 10.8. The lowest BCUT2D eigenvalue weighted by Crippen LogP contribution is -2.30. The van der Waals surface area contributed by atoms with E-state index in [9.17, 15) is 17.6 Å². The number of fused-ring (bicyclic) bond motifs is 2. The Hall–Kier alpha value is -4.11. The van der Waals surface area contributed by atoms with Gasteiger partial charge < -0.3 is 4.57 Å². The quantitative estimate of drug-likeness (QED) is 0.308. The van der Waals surface area contributed by atoms with Crippen molar-refractivity contribution < 1.29 is 12.8 Å². The molecule has 0 aliphatic rings. The lowest BCUT2D eigenvalue weighted by Gasteiger charge is -2.16. The van der Waals surface area contributed by atoms with Crippen molar-refractivity contribution in [1.29, 1.82) is 5.41 Å². The van der Waals surface area contributed by atoms with Gasteiger partial charge >= 0.3 is 0 Å². The number of nitrogens with one attached hydrogen (secondary N) is 1. The molecule has 5 rings (SSSR count). The van der Waals surface area contributed by atoms with Crippen LogP contribution in [0.4, 0.5) is 4.39 Å². The Labute approximate surface area is 200 Å². The number of hydrogen-bond donors (Lipinski definition) is 1. The first kappa shape index (κ1) is 22.7. The molecule has 0 unspecified atom stereocenters. The average molecular weight is 489 g/mol. The number of aromatic nitrogens is 3.